The average Bonchev–Trinajstić information content (AvgIpc) is 3.22. The molecule has 4 rings (SSSR count). The summed E-state index contributed by atoms with van der Waals surface area (Å²) >= 11 is 0. The number of rotatable bonds is 4. The molecule has 1 aromatic heterocycles. The van der Waals surface area contributed by atoms with Gasteiger partial charge in [-0.2, -0.15) is 0 Å². The molecular weight excluding hydrogens is 331 g/mol. The standard InChI is InChI=1S/C20H25FN4O/c1-23-12-9-22-18(23)14-24-11-8-20(15-24)7-2-10-25(19(20)26)13-16-3-5-17(21)6-4-16/h3-6,9,12H,2,7-8,10-11,13-15H2,1H3. The van der Waals surface area contributed by atoms with Crippen LogP contribution in [0.3, 0.4) is 0 Å². The Hall–Kier alpha value is -2.21. The van der Waals surface area contributed by atoms with Crippen LogP contribution in [0.5, 0.6) is 0 Å². The van der Waals surface area contributed by atoms with Gasteiger partial charge in [0.15, 0.2) is 0 Å². The first kappa shape index (κ1) is 17.2. The van der Waals surface area contributed by atoms with Crippen molar-refractivity contribution >= 4 is 5.91 Å². The summed E-state index contributed by atoms with van der Waals surface area (Å²) in [5, 5.41) is 0. The summed E-state index contributed by atoms with van der Waals surface area (Å²) in [5.74, 6) is 1.06. The lowest BCUT2D eigenvalue weighted by Crippen LogP contribution is -2.49. The second-order valence-electron chi connectivity index (χ2n) is 7.65. The third kappa shape index (κ3) is 3.26. The summed E-state index contributed by atoms with van der Waals surface area (Å²) in [6.45, 7) is 3.88. The van der Waals surface area contributed by atoms with Gasteiger partial charge in [-0.1, -0.05) is 12.1 Å². The Bertz CT molecular complexity index is 787. The average molecular weight is 356 g/mol. The van der Waals surface area contributed by atoms with Gasteiger partial charge in [0.2, 0.25) is 5.91 Å². The van der Waals surface area contributed by atoms with Crippen LogP contribution in [0.4, 0.5) is 4.39 Å². The molecule has 0 saturated carbocycles. The minimum absolute atomic E-state index is 0.240. The molecule has 1 unspecified atom stereocenters. The molecule has 138 valence electrons. The Labute approximate surface area is 153 Å². The molecule has 2 saturated heterocycles. The number of aryl methyl sites for hydroxylation is 1. The fourth-order valence-electron chi connectivity index (χ4n) is 4.33. The normalized spacial score (nSPS) is 23.9. The molecule has 2 aliphatic heterocycles. The number of nitrogens with zero attached hydrogens (tertiary/aromatic N) is 4. The van der Waals surface area contributed by atoms with Crippen molar-refractivity contribution in [1.82, 2.24) is 19.4 Å². The van der Waals surface area contributed by atoms with Gasteiger partial charge in [-0.05, 0) is 43.5 Å². The molecule has 0 bridgehead atoms. The number of hydrogen-bond donors (Lipinski definition) is 0. The smallest absolute Gasteiger partial charge is 0.230 e. The predicted octanol–water partition coefficient (Wildman–Crippen LogP) is 2.57. The Kier molecular flexibility index (Phi) is 4.53. The van der Waals surface area contributed by atoms with Gasteiger partial charge in [0, 0.05) is 39.1 Å². The van der Waals surface area contributed by atoms with Crippen LogP contribution in [0.15, 0.2) is 36.7 Å². The molecule has 2 fully saturated rings. The number of imidazole rings is 1. The minimum atomic E-state index is -0.260. The summed E-state index contributed by atoms with van der Waals surface area (Å²) in [5.41, 5.74) is 0.725. The van der Waals surface area contributed by atoms with E-state index in [0.717, 1.165) is 56.8 Å². The molecule has 0 N–H and O–H groups in total. The van der Waals surface area contributed by atoms with Gasteiger partial charge in [-0.3, -0.25) is 9.69 Å². The second-order valence-corrected chi connectivity index (χ2v) is 7.65. The molecule has 26 heavy (non-hydrogen) atoms. The van der Waals surface area contributed by atoms with E-state index in [-0.39, 0.29) is 17.1 Å². The van der Waals surface area contributed by atoms with Crippen LogP contribution in [0.2, 0.25) is 0 Å². The molecule has 1 aromatic carbocycles. The van der Waals surface area contributed by atoms with Gasteiger partial charge in [0.25, 0.3) is 0 Å². The zero-order valence-corrected chi connectivity index (χ0v) is 15.2. The molecule has 1 spiro atoms. The van der Waals surface area contributed by atoms with Crippen molar-refractivity contribution in [3.63, 3.8) is 0 Å². The third-order valence-electron chi connectivity index (χ3n) is 5.83. The van der Waals surface area contributed by atoms with E-state index in [0.29, 0.717) is 6.54 Å². The van der Waals surface area contributed by atoms with Crippen molar-refractivity contribution in [3.05, 3.63) is 53.9 Å². The number of aromatic nitrogens is 2. The van der Waals surface area contributed by atoms with Crippen molar-refractivity contribution in [3.8, 4) is 0 Å². The van der Waals surface area contributed by atoms with Crippen LogP contribution in [0, 0.1) is 11.2 Å². The lowest BCUT2D eigenvalue weighted by atomic mass is 9.78. The van der Waals surface area contributed by atoms with Crippen molar-refractivity contribution in [1.29, 1.82) is 0 Å². The maximum absolute atomic E-state index is 13.2. The molecule has 3 heterocycles. The van der Waals surface area contributed by atoms with E-state index in [4.69, 9.17) is 0 Å². The van der Waals surface area contributed by atoms with E-state index in [9.17, 15) is 9.18 Å². The maximum atomic E-state index is 13.2. The van der Waals surface area contributed by atoms with Crippen LogP contribution in [0.1, 0.15) is 30.7 Å². The lowest BCUT2D eigenvalue weighted by Gasteiger charge is -2.39. The highest BCUT2D eigenvalue weighted by Crippen LogP contribution is 2.40. The monoisotopic (exact) mass is 356 g/mol. The maximum Gasteiger partial charge on any atom is 0.230 e. The van der Waals surface area contributed by atoms with Crippen LogP contribution in [-0.4, -0.2) is 44.9 Å². The van der Waals surface area contributed by atoms with Crippen molar-refractivity contribution in [2.75, 3.05) is 19.6 Å². The molecule has 1 amide bonds. The van der Waals surface area contributed by atoms with E-state index >= 15 is 0 Å². The molecule has 6 heteroatoms. The Morgan fingerprint density at radius 1 is 1.15 bits per heavy atom. The summed E-state index contributed by atoms with van der Waals surface area (Å²) in [6.07, 6.45) is 6.68. The van der Waals surface area contributed by atoms with Crippen LogP contribution < -0.4 is 0 Å². The van der Waals surface area contributed by atoms with E-state index in [1.807, 2.05) is 28.9 Å². The number of hydrogen-bond acceptors (Lipinski definition) is 3. The minimum Gasteiger partial charge on any atom is -0.338 e. The number of likely N-dealkylation sites (tertiary alicyclic amines) is 2. The SMILES string of the molecule is Cn1ccnc1CN1CCC2(CCCN(Cc3ccc(F)cc3)C2=O)C1. The second kappa shape index (κ2) is 6.83. The first-order valence-corrected chi connectivity index (χ1v) is 9.28. The molecule has 2 aromatic rings. The summed E-state index contributed by atoms with van der Waals surface area (Å²) in [7, 11) is 2.00. The highest BCUT2D eigenvalue weighted by molar-refractivity contribution is 5.84. The first-order chi connectivity index (χ1) is 12.6. The van der Waals surface area contributed by atoms with Crippen molar-refractivity contribution in [2.24, 2.45) is 12.5 Å². The number of carbonyl (C=O) groups is 1. The van der Waals surface area contributed by atoms with Gasteiger partial charge in [-0.25, -0.2) is 9.37 Å². The van der Waals surface area contributed by atoms with Gasteiger partial charge >= 0.3 is 0 Å². The Morgan fingerprint density at radius 3 is 2.69 bits per heavy atom. The molecular formula is C20H25FN4O. The van der Waals surface area contributed by atoms with E-state index in [1.54, 1.807) is 12.1 Å². The van der Waals surface area contributed by atoms with Gasteiger partial charge < -0.3 is 9.47 Å². The lowest BCUT2D eigenvalue weighted by molar-refractivity contribution is -0.146. The number of halogens is 1. The highest BCUT2D eigenvalue weighted by Gasteiger charge is 2.48. The molecule has 0 aliphatic carbocycles. The van der Waals surface area contributed by atoms with Crippen LogP contribution in [0.25, 0.3) is 0 Å². The summed E-state index contributed by atoms with van der Waals surface area (Å²) in [6, 6.07) is 6.46. The number of amides is 1. The molecule has 2 aliphatic rings. The van der Waals surface area contributed by atoms with Gasteiger partial charge in [0.1, 0.15) is 11.6 Å². The van der Waals surface area contributed by atoms with Crippen LogP contribution in [-0.2, 0) is 24.9 Å². The number of benzene rings is 1. The van der Waals surface area contributed by atoms with Crippen molar-refractivity contribution < 1.29 is 9.18 Å². The van der Waals surface area contributed by atoms with Crippen molar-refractivity contribution in [2.45, 2.75) is 32.4 Å². The topological polar surface area (TPSA) is 41.4 Å². The largest absolute Gasteiger partial charge is 0.338 e. The molecule has 1 atom stereocenters. The van der Waals surface area contributed by atoms with Crippen LogP contribution >= 0.6 is 0 Å². The molecule has 0 radical (unpaired) electrons. The predicted molar refractivity (Wildman–Crippen MR) is 96.6 cm³/mol. The van der Waals surface area contributed by atoms with Gasteiger partial charge in [-0.15, -0.1) is 0 Å². The molecule has 5 nitrogen and oxygen atoms in total. The Balaban J connectivity index is 1.44. The van der Waals surface area contributed by atoms with E-state index in [2.05, 4.69) is 9.88 Å². The fourth-order valence-corrected chi connectivity index (χ4v) is 4.33. The first-order valence-electron chi connectivity index (χ1n) is 9.28. The quantitative estimate of drug-likeness (QED) is 0.846. The van der Waals surface area contributed by atoms with E-state index < -0.39 is 0 Å². The fraction of sp³-hybridized carbons (Fsp3) is 0.500. The summed E-state index contributed by atoms with van der Waals surface area (Å²) in [4.78, 5) is 22.0. The van der Waals surface area contributed by atoms with E-state index in [1.165, 1.54) is 12.1 Å². The Morgan fingerprint density at radius 2 is 1.96 bits per heavy atom. The number of piperidine rings is 1. The zero-order valence-electron chi connectivity index (χ0n) is 15.2. The third-order valence-corrected chi connectivity index (χ3v) is 5.83. The number of carbonyl (C=O) groups excluding carboxylic acids is 1. The zero-order chi connectivity index (χ0) is 18.1. The van der Waals surface area contributed by atoms with Gasteiger partial charge in [0.05, 0.1) is 12.0 Å². The highest BCUT2D eigenvalue weighted by atomic mass is 19.1. The summed E-state index contributed by atoms with van der Waals surface area (Å²) < 4.78 is 15.2.